The van der Waals surface area contributed by atoms with Gasteiger partial charge in [0.1, 0.15) is 13.3 Å². The Morgan fingerprint density at radius 3 is 2.34 bits per heavy atom. The van der Waals surface area contributed by atoms with Crippen molar-refractivity contribution in [1.29, 1.82) is 0 Å². The lowest BCUT2D eigenvalue weighted by molar-refractivity contribution is 0.0980. The Bertz CT molecular complexity index is 1240. The molecule has 0 atom stereocenters. The van der Waals surface area contributed by atoms with Crippen LogP contribution in [0.3, 0.4) is 0 Å². The molecule has 6 heteroatoms. The number of aliphatic hydroxyl groups excluding tert-OH is 1. The Balaban J connectivity index is 1.80. The highest BCUT2D eigenvalue weighted by Crippen LogP contribution is 2.15. The smallest absolute Gasteiger partial charge is 0.330 e. The zero-order valence-corrected chi connectivity index (χ0v) is 18.7. The average molecular weight is 433 g/mol. The number of hydrogen-bond acceptors (Lipinski definition) is 4. The van der Waals surface area contributed by atoms with Crippen molar-refractivity contribution < 1.29 is 9.84 Å². The Hall–Kier alpha value is -3.40. The first-order valence-corrected chi connectivity index (χ1v) is 10.6. The van der Waals surface area contributed by atoms with Crippen molar-refractivity contribution in [3.05, 3.63) is 102 Å². The number of nitrogens with one attached hydrogen (secondary N) is 1. The van der Waals surface area contributed by atoms with Crippen LogP contribution in [0.15, 0.2) is 52.1 Å². The Morgan fingerprint density at radius 1 is 1.03 bits per heavy atom. The van der Waals surface area contributed by atoms with Crippen LogP contribution in [0.25, 0.3) is 0 Å². The summed E-state index contributed by atoms with van der Waals surface area (Å²) < 4.78 is 7.14. The maximum Gasteiger partial charge on any atom is 0.330 e. The maximum atomic E-state index is 12.6. The summed E-state index contributed by atoms with van der Waals surface area (Å²) >= 11 is 0. The van der Waals surface area contributed by atoms with Crippen molar-refractivity contribution in [2.75, 3.05) is 6.61 Å². The third-order valence-corrected chi connectivity index (χ3v) is 5.18. The number of aliphatic hydroxyl groups is 1. The fraction of sp³-hybridized carbons (Fsp3) is 0.308. The first-order chi connectivity index (χ1) is 15.4. The van der Waals surface area contributed by atoms with E-state index >= 15 is 0 Å². The first-order valence-electron chi connectivity index (χ1n) is 10.6. The van der Waals surface area contributed by atoms with E-state index in [2.05, 4.69) is 35.0 Å². The fourth-order valence-electron chi connectivity index (χ4n) is 3.74. The molecule has 0 radical (unpaired) electrons. The number of aryl methyl sites for hydroxylation is 2. The molecule has 0 saturated heterocycles. The van der Waals surface area contributed by atoms with E-state index in [1.165, 1.54) is 4.57 Å². The van der Waals surface area contributed by atoms with Crippen molar-refractivity contribution >= 4 is 0 Å². The van der Waals surface area contributed by atoms with E-state index in [1.54, 1.807) is 0 Å². The molecular weight excluding hydrogens is 404 g/mol. The molecule has 1 heterocycles. The third-order valence-electron chi connectivity index (χ3n) is 5.18. The van der Waals surface area contributed by atoms with Gasteiger partial charge in [-0.05, 0) is 43.5 Å². The molecule has 3 rings (SSSR count). The number of nitrogens with zero attached hydrogens (tertiary/aromatic N) is 1. The molecule has 2 N–H and O–H groups in total. The van der Waals surface area contributed by atoms with Gasteiger partial charge in [-0.25, -0.2) is 4.79 Å². The van der Waals surface area contributed by atoms with Crippen LogP contribution in [0, 0.1) is 25.7 Å². The number of benzene rings is 2. The molecule has 3 aromatic rings. The summed E-state index contributed by atoms with van der Waals surface area (Å²) in [4.78, 5) is 27.4. The molecule has 1 aromatic heterocycles. The van der Waals surface area contributed by atoms with Crippen molar-refractivity contribution in [3.8, 4) is 11.8 Å². The molecule has 2 aromatic carbocycles. The Labute approximate surface area is 187 Å². The van der Waals surface area contributed by atoms with E-state index in [0.717, 1.165) is 27.8 Å². The van der Waals surface area contributed by atoms with Crippen LogP contribution in [0.5, 0.6) is 0 Å². The lowest BCUT2D eigenvalue weighted by atomic mass is 10.0. The second kappa shape index (κ2) is 10.8. The second-order valence-electron chi connectivity index (χ2n) is 7.77. The zero-order valence-electron chi connectivity index (χ0n) is 18.7. The van der Waals surface area contributed by atoms with E-state index in [0.29, 0.717) is 24.1 Å². The number of aromatic amines is 1. The van der Waals surface area contributed by atoms with Crippen LogP contribution in [0.4, 0.5) is 0 Å². The first kappa shape index (κ1) is 23.3. The minimum Gasteiger partial charge on any atom is -0.392 e. The topological polar surface area (TPSA) is 84.3 Å². The van der Waals surface area contributed by atoms with Gasteiger partial charge in [0.05, 0.1) is 6.61 Å². The van der Waals surface area contributed by atoms with Gasteiger partial charge in [0.25, 0.3) is 5.56 Å². The number of hydrogen-bond donors (Lipinski definition) is 2. The minimum atomic E-state index is -0.487. The van der Waals surface area contributed by atoms with Crippen LogP contribution in [-0.4, -0.2) is 21.3 Å². The Morgan fingerprint density at radius 2 is 1.72 bits per heavy atom. The van der Waals surface area contributed by atoms with Gasteiger partial charge >= 0.3 is 5.69 Å². The van der Waals surface area contributed by atoms with Gasteiger partial charge in [-0.15, -0.1) is 0 Å². The summed E-state index contributed by atoms with van der Waals surface area (Å²) in [5, 5.41) is 9.10. The number of rotatable bonds is 7. The lowest BCUT2D eigenvalue weighted by Crippen LogP contribution is -2.36. The molecule has 32 heavy (non-hydrogen) atoms. The molecule has 0 aliphatic heterocycles. The van der Waals surface area contributed by atoms with Crippen molar-refractivity contribution in [2.45, 2.75) is 47.0 Å². The highest BCUT2D eigenvalue weighted by molar-refractivity contribution is 5.36. The Kier molecular flexibility index (Phi) is 7.82. The van der Waals surface area contributed by atoms with E-state index < -0.39 is 5.69 Å². The molecule has 0 fully saturated rings. The quantitative estimate of drug-likeness (QED) is 0.444. The fourth-order valence-corrected chi connectivity index (χ4v) is 3.74. The van der Waals surface area contributed by atoms with Crippen molar-refractivity contribution in [1.82, 2.24) is 9.55 Å². The molecule has 0 bridgehead atoms. The summed E-state index contributed by atoms with van der Waals surface area (Å²) in [7, 11) is 0. The molecule has 0 unspecified atom stereocenters. The second-order valence-corrected chi connectivity index (χ2v) is 7.77. The minimum absolute atomic E-state index is 0.000868. The van der Waals surface area contributed by atoms with Gasteiger partial charge in [0.2, 0.25) is 0 Å². The third kappa shape index (κ3) is 5.85. The highest BCUT2D eigenvalue weighted by Gasteiger charge is 2.14. The molecule has 0 saturated carbocycles. The summed E-state index contributed by atoms with van der Waals surface area (Å²) in [5.74, 6) is 5.92. The average Bonchev–Trinajstić information content (AvgIpc) is 2.75. The standard InChI is InChI=1S/C26H28N2O4/c1-4-23-24(15-22-13-18(2)12-19(3)14-22)28(26(31)27-25(23)30)17-32-11-5-6-20-7-9-21(16-29)10-8-20/h7-10,12-14,29H,4,11,15-17H2,1-3H3,(H,27,30,31). The number of ether oxygens (including phenoxy) is 1. The van der Waals surface area contributed by atoms with Crippen LogP contribution < -0.4 is 11.2 Å². The molecule has 0 spiro atoms. The molecule has 0 aliphatic carbocycles. The van der Waals surface area contributed by atoms with E-state index in [1.807, 2.05) is 45.0 Å². The predicted octanol–water partition coefficient (Wildman–Crippen LogP) is 2.82. The summed E-state index contributed by atoms with van der Waals surface area (Å²) in [6.07, 6.45) is 0.983. The molecule has 166 valence electrons. The van der Waals surface area contributed by atoms with Gasteiger partial charge in [0.15, 0.2) is 0 Å². The number of H-pyrrole nitrogens is 1. The number of aromatic nitrogens is 2. The summed E-state index contributed by atoms with van der Waals surface area (Å²) in [5.41, 5.74) is 5.37. The van der Waals surface area contributed by atoms with Gasteiger partial charge in [-0.1, -0.05) is 60.2 Å². The maximum absolute atomic E-state index is 12.6. The molecule has 6 nitrogen and oxygen atoms in total. The van der Waals surface area contributed by atoms with Crippen LogP contribution in [0.1, 0.15) is 46.0 Å². The van der Waals surface area contributed by atoms with E-state index in [-0.39, 0.29) is 25.5 Å². The van der Waals surface area contributed by atoms with Crippen molar-refractivity contribution in [3.63, 3.8) is 0 Å². The van der Waals surface area contributed by atoms with Crippen LogP contribution >= 0.6 is 0 Å². The molecule has 0 aliphatic rings. The van der Waals surface area contributed by atoms with Crippen LogP contribution in [-0.2, 0) is 30.9 Å². The molecular formula is C26H28N2O4. The molecule has 0 amide bonds. The van der Waals surface area contributed by atoms with E-state index in [9.17, 15) is 9.59 Å². The van der Waals surface area contributed by atoms with Gasteiger partial charge in [0, 0.05) is 23.2 Å². The lowest BCUT2D eigenvalue weighted by Gasteiger charge is -2.16. The van der Waals surface area contributed by atoms with Gasteiger partial charge in [-0.2, -0.15) is 0 Å². The van der Waals surface area contributed by atoms with Crippen molar-refractivity contribution in [2.24, 2.45) is 0 Å². The van der Waals surface area contributed by atoms with Crippen LogP contribution in [0.2, 0.25) is 0 Å². The highest BCUT2D eigenvalue weighted by atomic mass is 16.5. The summed E-state index contributed by atoms with van der Waals surface area (Å²) in [6.45, 7) is 6.09. The summed E-state index contributed by atoms with van der Waals surface area (Å²) in [6, 6.07) is 13.5. The monoisotopic (exact) mass is 432 g/mol. The van der Waals surface area contributed by atoms with Gasteiger partial charge in [-0.3, -0.25) is 14.3 Å². The predicted molar refractivity (Wildman–Crippen MR) is 125 cm³/mol. The SMILES string of the molecule is CCc1c(Cc2cc(C)cc(C)c2)n(COCC#Cc2ccc(CO)cc2)c(=O)[nH]c1=O. The zero-order chi connectivity index (χ0) is 23.1. The largest absolute Gasteiger partial charge is 0.392 e. The normalized spacial score (nSPS) is 10.6. The van der Waals surface area contributed by atoms with Gasteiger partial charge < -0.3 is 9.84 Å². The van der Waals surface area contributed by atoms with E-state index in [4.69, 9.17) is 9.84 Å².